The molecule has 118 valence electrons. The Hall–Kier alpha value is -2.82. The van der Waals surface area contributed by atoms with Crippen LogP contribution in [0.1, 0.15) is 27.4 Å². The second-order valence-corrected chi connectivity index (χ2v) is 5.77. The first-order valence-electron chi connectivity index (χ1n) is 7.35. The van der Waals surface area contributed by atoms with E-state index in [1.54, 1.807) is 26.1 Å². The van der Waals surface area contributed by atoms with Crippen molar-refractivity contribution >= 4 is 22.6 Å². The molecule has 2 heterocycles. The predicted octanol–water partition coefficient (Wildman–Crippen LogP) is 3.31. The van der Waals surface area contributed by atoms with Gasteiger partial charge in [-0.3, -0.25) is 9.59 Å². The number of aromatic nitrogens is 1. The summed E-state index contributed by atoms with van der Waals surface area (Å²) in [4.78, 5) is 24.9. The molecule has 0 spiro atoms. The maximum atomic E-state index is 12.5. The van der Waals surface area contributed by atoms with Gasteiger partial charge in [-0.15, -0.1) is 0 Å². The third kappa shape index (κ3) is 2.65. The van der Waals surface area contributed by atoms with Crippen molar-refractivity contribution in [2.45, 2.75) is 20.8 Å². The molecule has 5 heteroatoms. The average molecular weight is 310 g/mol. The van der Waals surface area contributed by atoms with Gasteiger partial charge >= 0.3 is 0 Å². The van der Waals surface area contributed by atoms with E-state index in [9.17, 15) is 9.59 Å². The van der Waals surface area contributed by atoms with Gasteiger partial charge in [-0.05, 0) is 56.7 Å². The Kier molecular flexibility index (Phi) is 3.56. The standard InChI is InChI=1S/C18H18N2O3/c1-10-7-11(2)20(4)18(22)16(10)17(21)19-14-5-6-15-13(9-14)8-12(3)23-15/h5-9H,1-4H3,(H,19,21). The van der Waals surface area contributed by atoms with Crippen molar-refractivity contribution in [2.75, 3.05) is 5.32 Å². The SMILES string of the molecule is Cc1cc2cc(NC(=O)c3c(C)cc(C)n(C)c3=O)ccc2o1. The second-order valence-electron chi connectivity index (χ2n) is 5.77. The first-order valence-corrected chi connectivity index (χ1v) is 7.35. The number of hydrogen-bond acceptors (Lipinski definition) is 3. The summed E-state index contributed by atoms with van der Waals surface area (Å²) in [5.74, 6) is 0.411. The molecule has 1 N–H and O–H groups in total. The lowest BCUT2D eigenvalue weighted by atomic mass is 10.1. The highest BCUT2D eigenvalue weighted by molar-refractivity contribution is 6.05. The number of aryl methyl sites for hydroxylation is 3. The Morgan fingerprint density at radius 3 is 2.61 bits per heavy atom. The lowest BCUT2D eigenvalue weighted by molar-refractivity contribution is 0.102. The highest BCUT2D eigenvalue weighted by Crippen LogP contribution is 2.23. The number of benzene rings is 1. The molecule has 0 aliphatic carbocycles. The Morgan fingerprint density at radius 2 is 1.87 bits per heavy atom. The van der Waals surface area contributed by atoms with Crippen molar-refractivity contribution in [1.29, 1.82) is 0 Å². The minimum atomic E-state index is -0.400. The Balaban J connectivity index is 1.97. The molecule has 0 aliphatic heterocycles. The molecule has 0 saturated carbocycles. The van der Waals surface area contributed by atoms with E-state index in [1.807, 2.05) is 32.0 Å². The highest BCUT2D eigenvalue weighted by Gasteiger charge is 2.16. The van der Waals surface area contributed by atoms with E-state index in [2.05, 4.69) is 5.32 Å². The van der Waals surface area contributed by atoms with Gasteiger partial charge in [-0.1, -0.05) is 0 Å². The summed E-state index contributed by atoms with van der Waals surface area (Å²) in [6, 6.07) is 9.13. The number of nitrogens with zero attached hydrogens (tertiary/aromatic N) is 1. The van der Waals surface area contributed by atoms with Crippen molar-refractivity contribution in [3.63, 3.8) is 0 Å². The molecular weight excluding hydrogens is 292 g/mol. The van der Waals surface area contributed by atoms with Gasteiger partial charge in [-0.2, -0.15) is 0 Å². The van der Waals surface area contributed by atoms with Crippen molar-refractivity contribution in [2.24, 2.45) is 7.05 Å². The van der Waals surface area contributed by atoms with Gasteiger partial charge in [0.15, 0.2) is 0 Å². The van der Waals surface area contributed by atoms with Crippen LogP contribution in [-0.4, -0.2) is 10.5 Å². The number of anilines is 1. The van der Waals surface area contributed by atoms with E-state index in [0.717, 1.165) is 22.4 Å². The van der Waals surface area contributed by atoms with Gasteiger partial charge in [-0.25, -0.2) is 0 Å². The quantitative estimate of drug-likeness (QED) is 0.790. The molecule has 0 unspecified atom stereocenters. The Morgan fingerprint density at radius 1 is 1.13 bits per heavy atom. The number of carbonyl (C=O) groups is 1. The number of pyridine rings is 1. The number of nitrogens with one attached hydrogen (secondary N) is 1. The van der Waals surface area contributed by atoms with E-state index >= 15 is 0 Å². The van der Waals surface area contributed by atoms with E-state index in [1.165, 1.54) is 4.57 Å². The number of furan rings is 1. The summed E-state index contributed by atoms with van der Waals surface area (Å²) >= 11 is 0. The molecule has 5 nitrogen and oxygen atoms in total. The monoisotopic (exact) mass is 310 g/mol. The molecule has 3 rings (SSSR count). The lowest BCUT2D eigenvalue weighted by Crippen LogP contribution is -2.30. The zero-order valence-corrected chi connectivity index (χ0v) is 13.6. The molecular formula is C18H18N2O3. The summed E-state index contributed by atoms with van der Waals surface area (Å²) in [6.07, 6.45) is 0. The third-order valence-corrected chi connectivity index (χ3v) is 3.99. The summed E-state index contributed by atoms with van der Waals surface area (Å²) in [5, 5.41) is 3.70. The maximum absolute atomic E-state index is 12.5. The normalized spacial score (nSPS) is 11.0. The fourth-order valence-electron chi connectivity index (χ4n) is 2.70. The van der Waals surface area contributed by atoms with Gasteiger partial charge in [0.25, 0.3) is 11.5 Å². The fourth-order valence-corrected chi connectivity index (χ4v) is 2.70. The Bertz CT molecular complexity index is 980. The second kappa shape index (κ2) is 5.43. The number of fused-ring (bicyclic) bond motifs is 1. The van der Waals surface area contributed by atoms with Crippen LogP contribution in [-0.2, 0) is 7.05 Å². The zero-order chi connectivity index (χ0) is 16.7. The predicted molar refractivity (Wildman–Crippen MR) is 90.1 cm³/mol. The molecule has 1 amide bonds. The molecule has 23 heavy (non-hydrogen) atoms. The van der Waals surface area contributed by atoms with Crippen molar-refractivity contribution in [3.8, 4) is 0 Å². The van der Waals surface area contributed by atoms with Gasteiger partial charge in [0, 0.05) is 23.8 Å². The molecule has 3 aromatic rings. The number of hydrogen-bond donors (Lipinski definition) is 1. The van der Waals surface area contributed by atoms with Crippen LogP contribution < -0.4 is 10.9 Å². The summed E-state index contributed by atoms with van der Waals surface area (Å²) in [5.41, 5.74) is 2.76. The van der Waals surface area contributed by atoms with Crippen LogP contribution in [0, 0.1) is 20.8 Å². The smallest absolute Gasteiger partial charge is 0.263 e. The van der Waals surface area contributed by atoms with Crippen LogP contribution in [0.4, 0.5) is 5.69 Å². The van der Waals surface area contributed by atoms with Crippen LogP contribution in [0.2, 0.25) is 0 Å². The molecule has 0 saturated heterocycles. The molecule has 2 aromatic heterocycles. The van der Waals surface area contributed by atoms with Crippen molar-refractivity contribution < 1.29 is 9.21 Å². The number of rotatable bonds is 2. The molecule has 0 bridgehead atoms. The molecule has 0 fully saturated rings. The Labute approximate surface area is 133 Å². The van der Waals surface area contributed by atoms with Crippen LogP contribution in [0.25, 0.3) is 11.0 Å². The first kappa shape index (κ1) is 15.1. The van der Waals surface area contributed by atoms with Crippen LogP contribution in [0.3, 0.4) is 0 Å². The van der Waals surface area contributed by atoms with Crippen molar-refractivity contribution in [1.82, 2.24) is 4.57 Å². The minimum absolute atomic E-state index is 0.168. The molecule has 0 radical (unpaired) electrons. The van der Waals surface area contributed by atoms with Crippen LogP contribution in [0.15, 0.2) is 39.5 Å². The number of amides is 1. The average Bonchev–Trinajstić information content (AvgIpc) is 2.84. The van der Waals surface area contributed by atoms with E-state index < -0.39 is 5.91 Å². The van der Waals surface area contributed by atoms with Gasteiger partial charge in [0.1, 0.15) is 16.9 Å². The first-order chi connectivity index (χ1) is 10.9. The molecule has 0 aliphatic rings. The third-order valence-electron chi connectivity index (χ3n) is 3.99. The lowest BCUT2D eigenvalue weighted by Gasteiger charge is -2.11. The fraction of sp³-hybridized carbons (Fsp3) is 0.222. The van der Waals surface area contributed by atoms with E-state index in [-0.39, 0.29) is 11.1 Å². The van der Waals surface area contributed by atoms with Crippen LogP contribution >= 0.6 is 0 Å². The van der Waals surface area contributed by atoms with Crippen molar-refractivity contribution in [3.05, 3.63) is 63.3 Å². The van der Waals surface area contributed by atoms with Gasteiger partial charge < -0.3 is 14.3 Å². The number of carbonyl (C=O) groups excluding carboxylic acids is 1. The summed E-state index contributed by atoms with van der Waals surface area (Å²) < 4.78 is 6.99. The van der Waals surface area contributed by atoms with E-state index in [0.29, 0.717) is 11.3 Å². The highest BCUT2D eigenvalue weighted by atomic mass is 16.3. The maximum Gasteiger partial charge on any atom is 0.263 e. The van der Waals surface area contributed by atoms with E-state index in [4.69, 9.17) is 4.42 Å². The molecule has 0 atom stereocenters. The van der Waals surface area contributed by atoms with Gasteiger partial charge in [0.05, 0.1) is 0 Å². The summed E-state index contributed by atoms with van der Waals surface area (Å²) in [7, 11) is 1.66. The topological polar surface area (TPSA) is 64.2 Å². The molecule has 1 aromatic carbocycles. The van der Waals surface area contributed by atoms with Crippen LogP contribution in [0.5, 0.6) is 0 Å². The minimum Gasteiger partial charge on any atom is -0.461 e. The van der Waals surface area contributed by atoms with Gasteiger partial charge in [0.2, 0.25) is 0 Å². The zero-order valence-electron chi connectivity index (χ0n) is 13.6. The summed E-state index contributed by atoms with van der Waals surface area (Å²) in [6.45, 7) is 5.48. The largest absolute Gasteiger partial charge is 0.461 e.